The fourth-order valence-electron chi connectivity index (χ4n) is 3.11. The maximum atomic E-state index is 12.3. The van der Waals surface area contributed by atoms with Crippen molar-refractivity contribution in [2.24, 2.45) is 0 Å². The van der Waals surface area contributed by atoms with Crippen LogP contribution in [0, 0.1) is 0 Å². The van der Waals surface area contributed by atoms with Gasteiger partial charge in [-0.1, -0.05) is 49.4 Å². The number of nitrogens with one attached hydrogen (secondary N) is 1. The van der Waals surface area contributed by atoms with Crippen LogP contribution in [0.4, 0.5) is 0 Å². The Morgan fingerprint density at radius 3 is 2.64 bits per heavy atom. The molecule has 0 fully saturated rings. The van der Waals surface area contributed by atoms with Crippen molar-refractivity contribution in [1.29, 1.82) is 0 Å². The van der Waals surface area contributed by atoms with Gasteiger partial charge in [-0.25, -0.2) is 4.98 Å². The molecule has 0 bridgehead atoms. The molecule has 4 rings (SSSR count). The second-order valence-corrected chi connectivity index (χ2v) is 6.09. The molecule has 0 aliphatic heterocycles. The van der Waals surface area contributed by atoms with Gasteiger partial charge in [0.15, 0.2) is 0 Å². The van der Waals surface area contributed by atoms with Crippen molar-refractivity contribution in [2.75, 3.05) is 6.54 Å². The van der Waals surface area contributed by atoms with E-state index < -0.39 is 0 Å². The molecule has 1 amide bonds. The minimum Gasteiger partial charge on any atom is -0.355 e. The molecule has 0 radical (unpaired) electrons. The minimum atomic E-state index is 0.00388. The Morgan fingerprint density at radius 2 is 1.84 bits per heavy atom. The quantitative estimate of drug-likeness (QED) is 0.608. The molecule has 5 nitrogen and oxygen atoms in total. The number of benzene rings is 2. The number of aromatic nitrogens is 3. The van der Waals surface area contributed by atoms with Crippen LogP contribution in [0.3, 0.4) is 0 Å². The van der Waals surface area contributed by atoms with Gasteiger partial charge in [-0.15, -0.1) is 0 Å². The lowest BCUT2D eigenvalue weighted by Crippen LogP contribution is -2.28. The number of hydrogen-bond donors (Lipinski definition) is 1. The summed E-state index contributed by atoms with van der Waals surface area (Å²) in [5, 5.41) is 2.95. The Bertz CT molecular complexity index is 1030. The molecule has 2 aromatic heterocycles. The molecular weight excluding hydrogens is 312 g/mol. The number of para-hydroxylation sites is 2. The Hall–Kier alpha value is -3.08. The molecule has 25 heavy (non-hydrogen) atoms. The summed E-state index contributed by atoms with van der Waals surface area (Å²) in [6.45, 7) is 2.99. The molecule has 0 aliphatic rings. The van der Waals surface area contributed by atoms with E-state index in [1.807, 2.05) is 54.0 Å². The number of carbonyl (C=O) groups is 1. The first-order valence-electron chi connectivity index (χ1n) is 8.56. The van der Waals surface area contributed by atoms with Gasteiger partial charge in [-0.05, 0) is 24.1 Å². The van der Waals surface area contributed by atoms with Gasteiger partial charge in [0.1, 0.15) is 6.54 Å². The Morgan fingerprint density at radius 1 is 1.08 bits per heavy atom. The topological polar surface area (TPSA) is 51.3 Å². The van der Waals surface area contributed by atoms with E-state index in [4.69, 9.17) is 4.98 Å². The third kappa shape index (κ3) is 2.78. The van der Waals surface area contributed by atoms with Crippen molar-refractivity contribution in [3.8, 4) is 11.3 Å². The van der Waals surface area contributed by atoms with Crippen molar-refractivity contribution in [2.45, 2.75) is 19.9 Å². The molecule has 2 heterocycles. The van der Waals surface area contributed by atoms with Crippen LogP contribution < -0.4 is 5.32 Å². The summed E-state index contributed by atoms with van der Waals surface area (Å²) in [7, 11) is 0. The van der Waals surface area contributed by atoms with Gasteiger partial charge >= 0.3 is 0 Å². The molecule has 0 unspecified atom stereocenters. The molecule has 4 aromatic rings. The zero-order valence-electron chi connectivity index (χ0n) is 14.1. The summed E-state index contributed by atoms with van der Waals surface area (Å²) in [6.07, 6.45) is 2.98. The van der Waals surface area contributed by atoms with Crippen molar-refractivity contribution < 1.29 is 4.79 Å². The van der Waals surface area contributed by atoms with Crippen LogP contribution in [-0.4, -0.2) is 26.4 Å². The molecule has 0 saturated carbocycles. The van der Waals surface area contributed by atoms with E-state index in [0.717, 1.165) is 34.5 Å². The fraction of sp³-hybridized carbons (Fsp3) is 0.200. The Kier molecular flexibility index (Phi) is 3.98. The fourth-order valence-corrected chi connectivity index (χ4v) is 3.11. The van der Waals surface area contributed by atoms with E-state index in [-0.39, 0.29) is 12.5 Å². The highest BCUT2D eigenvalue weighted by molar-refractivity contribution is 5.83. The molecule has 0 saturated heterocycles. The van der Waals surface area contributed by atoms with E-state index in [1.165, 1.54) is 0 Å². The van der Waals surface area contributed by atoms with E-state index in [0.29, 0.717) is 6.54 Å². The van der Waals surface area contributed by atoms with Gasteiger partial charge in [0.05, 0.1) is 16.7 Å². The van der Waals surface area contributed by atoms with Gasteiger partial charge in [-0.3, -0.25) is 9.20 Å². The SMILES string of the molecule is CCCNC(=O)Cn1c(-c2ccccc2)cn2c3ccccc3nc12. The van der Waals surface area contributed by atoms with Crippen molar-refractivity contribution in [3.63, 3.8) is 0 Å². The summed E-state index contributed by atoms with van der Waals surface area (Å²) in [5.74, 6) is 0.788. The summed E-state index contributed by atoms with van der Waals surface area (Å²) >= 11 is 0. The van der Waals surface area contributed by atoms with Gasteiger partial charge in [-0.2, -0.15) is 0 Å². The monoisotopic (exact) mass is 332 g/mol. The first-order chi connectivity index (χ1) is 12.3. The van der Waals surface area contributed by atoms with E-state index in [2.05, 4.69) is 28.0 Å². The standard InChI is InChI=1S/C20H20N4O/c1-2-12-21-19(25)14-24-18(15-8-4-3-5-9-15)13-23-17-11-7-6-10-16(17)22-20(23)24/h3-11,13H,2,12,14H2,1H3,(H,21,25). The van der Waals surface area contributed by atoms with Crippen LogP contribution in [0.15, 0.2) is 60.8 Å². The second kappa shape index (κ2) is 6.43. The maximum absolute atomic E-state index is 12.3. The van der Waals surface area contributed by atoms with Crippen molar-refractivity contribution in [1.82, 2.24) is 19.3 Å². The van der Waals surface area contributed by atoms with Gasteiger partial charge in [0.2, 0.25) is 11.7 Å². The lowest BCUT2D eigenvalue weighted by Gasteiger charge is -2.09. The van der Waals surface area contributed by atoms with Gasteiger partial charge < -0.3 is 9.88 Å². The highest BCUT2D eigenvalue weighted by atomic mass is 16.1. The number of carbonyl (C=O) groups excluding carboxylic acids is 1. The number of nitrogens with zero attached hydrogens (tertiary/aromatic N) is 3. The van der Waals surface area contributed by atoms with Crippen LogP contribution in [0.2, 0.25) is 0 Å². The normalized spacial score (nSPS) is 11.2. The minimum absolute atomic E-state index is 0.00388. The Balaban J connectivity index is 1.87. The number of fused-ring (bicyclic) bond motifs is 3. The molecule has 0 spiro atoms. The average molecular weight is 332 g/mol. The van der Waals surface area contributed by atoms with Crippen molar-refractivity contribution in [3.05, 3.63) is 60.8 Å². The number of hydrogen-bond acceptors (Lipinski definition) is 2. The molecule has 2 aromatic carbocycles. The van der Waals surface area contributed by atoms with Gasteiger partial charge in [0.25, 0.3) is 0 Å². The summed E-state index contributed by atoms with van der Waals surface area (Å²) in [6, 6.07) is 18.1. The number of imidazole rings is 2. The smallest absolute Gasteiger partial charge is 0.240 e. The van der Waals surface area contributed by atoms with E-state index >= 15 is 0 Å². The lowest BCUT2D eigenvalue weighted by atomic mass is 10.2. The maximum Gasteiger partial charge on any atom is 0.240 e. The zero-order chi connectivity index (χ0) is 17.2. The first-order valence-corrected chi connectivity index (χ1v) is 8.56. The summed E-state index contributed by atoms with van der Waals surface area (Å²) in [4.78, 5) is 17.1. The average Bonchev–Trinajstić information content (AvgIpc) is 3.18. The summed E-state index contributed by atoms with van der Waals surface area (Å²) in [5.41, 5.74) is 4.03. The molecule has 1 N–H and O–H groups in total. The van der Waals surface area contributed by atoms with Crippen molar-refractivity contribution >= 4 is 22.7 Å². The molecule has 126 valence electrons. The molecule has 0 atom stereocenters. The van der Waals surface area contributed by atoms with E-state index in [1.54, 1.807) is 0 Å². The third-order valence-electron chi connectivity index (χ3n) is 4.30. The van der Waals surface area contributed by atoms with E-state index in [9.17, 15) is 4.79 Å². The predicted octanol–water partition coefficient (Wildman–Crippen LogP) is 3.48. The molecular formula is C20H20N4O. The predicted molar refractivity (Wildman–Crippen MR) is 99.4 cm³/mol. The zero-order valence-corrected chi connectivity index (χ0v) is 14.1. The van der Waals surface area contributed by atoms with Crippen LogP contribution in [0.25, 0.3) is 28.1 Å². The lowest BCUT2D eigenvalue weighted by molar-refractivity contribution is -0.121. The van der Waals surface area contributed by atoms with Gasteiger partial charge in [0, 0.05) is 12.7 Å². The first kappa shape index (κ1) is 15.4. The van der Waals surface area contributed by atoms with Crippen LogP contribution in [0.1, 0.15) is 13.3 Å². The van der Waals surface area contributed by atoms with Crippen LogP contribution >= 0.6 is 0 Å². The second-order valence-electron chi connectivity index (χ2n) is 6.09. The number of amides is 1. The van der Waals surface area contributed by atoms with Crippen LogP contribution in [0.5, 0.6) is 0 Å². The largest absolute Gasteiger partial charge is 0.355 e. The highest BCUT2D eigenvalue weighted by Crippen LogP contribution is 2.26. The third-order valence-corrected chi connectivity index (χ3v) is 4.30. The molecule has 0 aliphatic carbocycles. The Labute approximate surface area is 145 Å². The number of rotatable bonds is 5. The summed E-state index contributed by atoms with van der Waals surface area (Å²) < 4.78 is 4.05. The highest BCUT2D eigenvalue weighted by Gasteiger charge is 2.17. The molecule has 5 heteroatoms. The van der Waals surface area contributed by atoms with Crippen LogP contribution in [-0.2, 0) is 11.3 Å².